The predicted molar refractivity (Wildman–Crippen MR) is 68.3 cm³/mol. The van der Waals surface area contributed by atoms with Crippen molar-refractivity contribution in [3.8, 4) is 0 Å². The Labute approximate surface area is 121 Å². The number of aromatic nitrogens is 3. The maximum absolute atomic E-state index is 12.9. The topological polar surface area (TPSA) is 68.0 Å². The van der Waals surface area contributed by atoms with Crippen molar-refractivity contribution in [2.24, 2.45) is 7.05 Å². The third-order valence-corrected chi connectivity index (χ3v) is 3.82. The van der Waals surface area contributed by atoms with Gasteiger partial charge in [0.25, 0.3) is 0 Å². The molecule has 1 heterocycles. The summed E-state index contributed by atoms with van der Waals surface area (Å²) in [7, 11) is 1.69. The molecule has 0 saturated carbocycles. The predicted octanol–water partition coefficient (Wildman–Crippen LogP) is 2.99. The van der Waals surface area contributed by atoms with Gasteiger partial charge in [-0.1, -0.05) is 0 Å². The number of aryl methyl sites for hydroxylation is 1. The standard InChI is InChI=1S/C12H10F3N3O2S/c1-6-16-17-11(18(6)2)21-7-3-4-8(10(19)20)9(5-7)12(13,14)15/h3-5H,1-2H3,(H,19,20). The highest BCUT2D eigenvalue weighted by atomic mass is 32.2. The molecule has 0 amide bonds. The van der Waals surface area contributed by atoms with Crippen LogP contribution in [0.4, 0.5) is 13.2 Å². The van der Waals surface area contributed by atoms with Crippen molar-refractivity contribution in [1.82, 2.24) is 14.8 Å². The minimum Gasteiger partial charge on any atom is -0.478 e. The van der Waals surface area contributed by atoms with Gasteiger partial charge in [0.05, 0.1) is 11.1 Å². The molecule has 0 atom stereocenters. The number of benzene rings is 1. The second-order valence-electron chi connectivity index (χ2n) is 4.20. The van der Waals surface area contributed by atoms with E-state index < -0.39 is 23.3 Å². The van der Waals surface area contributed by atoms with Crippen LogP contribution in [0, 0.1) is 6.92 Å². The van der Waals surface area contributed by atoms with Crippen LogP contribution in [0.15, 0.2) is 28.3 Å². The molecule has 112 valence electrons. The number of nitrogens with zero attached hydrogens (tertiary/aromatic N) is 3. The lowest BCUT2D eigenvalue weighted by atomic mass is 10.1. The van der Waals surface area contributed by atoms with Gasteiger partial charge in [-0.2, -0.15) is 13.2 Å². The van der Waals surface area contributed by atoms with Crippen molar-refractivity contribution < 1.29 is 23.1 Å². The van der Waals surface area contributed by atoms with E-state index in [0.29, 0.717) is 11.0 Å². The van der Waals surface area contributed by atoms with E-state index in [1.807, 2.05) is 0 Å². The van der Waals surface area contributed by atoms with Gasteiger partial charge in [0, 0.05) is 11.9 Å². The fourth-order valence-electron chi connectivity index (χ4n) is 1.59. The third-order valence-electron chi connectivity index (χ3n) is 2.79. The number of hydrogen-bond donors (Lipinski definition) is 1. The largest absolute Gasteiger partial charge is 0.478 e. The van der Waals surface area contributed by atoms with E-state index in [4.69, 9.17) is 5.11 Å². The molecule has 0 fully saturated rings. The van der Waals surface area contributed by atoms with Crippen molar-refractivity contribution in [2.75, 3.05) is 0 Å². The van der Waals surface area contributed by atoms with Crippen molar-refractivity contribution in [3.63, 3.8) is 0 Å². The third kappa shape index (κ3) is 3.18. The first-order valence-electron chi connectivity index (χ1n) is 5.68. The number of carboxylic acid groups (broad SMARTS) is 1. The van der Waals surface area contributed by atoms with Crippen LogP contribution in [0.5, 0.6) is 0 Å². The van der Waals surface area contributed by atoms with Crippen LogP contribution in [-0.4, -0.2) is 25.8 Å². The van der Waals surface area contributed by atoms with Gasteiger partial charge >= 0.3 is 12.1 Å². The van der Waals surface area contributed by atoms with Gasteiger partial charge in [0.15, 0.2) is 5.16 Å². The molecule has 1 N–H and O–H groups in total. The van der Waals surface area contributed by atoms with Crippen LogP contribution in [0.3, 0.4) is 0 Å². The second-order valence-corrected chi connectivity index (χ2v) is 5.24. The molecule has 0 aliphatic heterocycles. The van der Waals surface area contributed by atoms with Gasteiger partial charge in [-0.05, 0) is 36.9 Å². The fraction of sp³-hybridized carbons (Fsp3) is 0.250. The highest BCUT2D eigenvalue weighted by Crippen LogP contribution is 2.36. The number of rotatable bonds is 3. The summed E-state index contributed by atoms with van der Waals surface area (Å²) in [5.74, 6) is -0.996. The van der Waals surface area contributed by atoms with E-state index in [1.165, 1.54) is 6.07 Å². The monoisotopic (exact) mass is 317 g/mol. The Morgan fingerprint density at radius 3 is 2.48 bits per heavy atom. The summed E-state index contributed by atoms with van der Waals surface area (Å²) in [4.78, 5) is 11.1. The van der Waals surface area contributed by atoms with Gasteiger partial charge in [-0.15, -0.1) is 10.2 Å². The summed E-state index contributed by atoms with van der Waals surface area (Å²) < 4.78 is 40.3. The molecule has 0 bridgehead atoms. The summed E-state index contributed by atoms with van der Waals surface area (Å²) in [6.45, 7) is 1.71. The van der Waals surface area contributed by atoms with Gasteiger partial charge < -0.3 is 9.67 Å². The number of carboxylic acids is 1. The first kappa shape index (κ1) is 15.4. The molecule has 0 spiro atoms. The molecule has 2 rings (SSSR count). The molecule has 0 unspecified atom stereocenters. The summed E-state index contributed by atoms with van der Waals surface area (Å²) in [6, 6.07) is 3.06. The van der Waals surface area contributed by atoms with Crippen molar-refractivity contribution in [2.45, 2.75) is 23.2 Å². The molecule has 0 aliphatic carbocycles. The van der Waals surface area contributed by atoms with E-state index in [2.05, 4.69) is 10.2 Å². The molecule has 0 saturated heterocycles. The number of halogens is 3. The molecule has 5 nitrogen and oxygen atoms in total. The highest BCUT2D eigenvalue weighted by Gasteiger charge is 2.35. The smallest absolute Gasteiger partial charge is 0.417 e. The maximum atomic E-state index is 12.9. The Morgan fingerprint density at radius 2 is 2.00 bits per heavy atom. The summed E-state index contributed by atoms with van der Waals surface area (Å²) in [6.07, 6.45) is -4.74. The molecule has 1 aromatic heterocycles. The van der Waals surface area contributed by atoms with Crippen LogP contribution in [0.2, 0.25) is 0 Å². The molecule has 21 heavy (non-hydrogen) atoms. The van der Waals surface area contributed by atoms with Gasteiger partial charge in [-0.25, -0.2) is 4.79 Å². The molecular formula is C12H10F3N3O2S. The Balaban J connectivity index is 2.43. The number of carbonyl (C=O) groups is 1. The first-order valence-corrected chi connectivity index (χ1v) is 6.50. The van der Waals surface area contributed by atoms with E-state index in [0.717, 1.165) is 23.9 Å². The first-order chi connectivity index (χ1) is 9.70. The lowest BCUT2D eigenvalue weighted by Crippen LogP contribution is -2.12. The summed E-state index contributed by atoms with van der Waals surface area (Å²) in [5.41, 5.74) is -1.96. The zero-order valence-corrected chi connectivity index (χ0v) is 11.8. The normalized spacial score (nSPS) is 11.7. The molecule has 1 aromatic carbocycles. The van der Waals surface area contributed by atoms with Gasteiger partial charge in [0.2, 0.25) is 0 Å². The Kier molecular flexibility index (Phi) is 3.95. The Morgan fingerprint density at radius 1 is 1.33 bits per heavy atom. The van der Waals surface area contributed by atoms with E-state index in [-0.39, 0.29) is 4.90 Å². The van der Waals surface area contributed by atoms with Gasteiger partial charge in [0.1, 0.15) is 5.82 Å². The Bertz CT molecular complexity index is 698. The van der Waals surface area contributed by atoms with Gasteiger partial charge in [-0.3, -0.25) is 0 Å². The zero-order valence-electron chi connectivity index (χ0n) is 11.0. The van der Waals surface area contributed by atoms with E-state index >= 15 is 0 Å². The molecule has 9 heteroatoms. The van der Waals surface area contributed by atoms with Crippen LogP contribution in [0.25, 0.3) is 0 Å². The SMILES string of the molecule is Cc1nnc(Sc2ccc(C(=O)O)c(C(F)(F)F)c2)n1C. The number of alkyl halides is 3. The average Bonchev–Trinajstić information content (AvgIpc) is 2.69. The van der Waals surface area contributed by atoms with E-state index in [1.54, 1.807) is 18.5 Å². The minimum atomic E-state index is -4.74. The molecule has 2 aromatic rings. The van der Waals surface area contributed by atoms with Crippen molar-refractivity contribution >= 4 is 17.7 Å². The lowest BCUT2D eigenvalue weighted by molar-refractivity contribution is -0.138. The second kappa shape index (κ2) is 5.40. The molecule has 0 radical (unpaired) electrons. The van der Waals surface area contributed by atoms with E-state index in [9.17, 15) is 18.0 Å². The quantitative estimate of drug-likeness (QED) is 0.942. The summed E-state index contributed by atoms with van der Waals surface area (Å²) in [5, 5.41) is 16.9. The fourth-order valence-corrected chi connectivity index (χ4v) is 2.46. The van der Waals surface area contributed by atoms with Crippen LogP contribution in [0.1, 0.15) is 21.7 Å². The van der Waals surface area contributed by atoms with Crippen molar-refractivity contribution in [1.29, 1.82) is 0 Å². The Hall–Kier alpha value is -2.03. The van der Waals surface area contributed by atoms with Crippen LogP contribution < -0.4 is 0 Å². The minimum absolute atomic E-state index is 0.239. The van der Waals surface area contributed by atoms with Crippen LogP contribution in [-0.2, 0) is 13.2 Å². The molecular weight excluding hydrogens is 307 g/mol. The lowest BCUT2D eigenvalue weighted by Gasteiger charge is -2.11. The summed E-state index contributed by atoms with van der Waals surface area (Å²) >= 11 is 0.982. The number of hydrogen-bond acceptors (Lipinski definition) is 4. The zero-order chi connectivity index (χ0) is 15.8. The van der Waals surface area contributed by atoms with Crippen molar-refractivity contribution in [3.05, 3.63) is 35.2 Å². The number of aromatic carboxylic acids is 1. The molecule has 0 aliphatic rings. The van der Waals surface area contributed by atoms with Crippen LogP contribution >= 0.6 is 11.8 Å². The maximum Gasteiger partial charge on any atom is 0.417 e. The average molecular weight is 317 g/mol. The highest BCUT2D eigenvalue weighted by molar-refractivity contribution is 7.99.